The van der Waals surface area contributed by atoms with Gasteiger partial charge in [-0.3, -0.25) is 0 Å². The first-order valence-corrected chi connectivity index (χ1v) is 4.73. The van der Waals surface area contributed by atoms with Crippen molar-refractivity contribution in [3.8, 4) is 5.75 Å². The first kappa shape index (κ1) is 9.52. The molecule has 0 radical (unpaired) electrons. The number of pyridine rings is 1. The van der Waals surface area contributed by atoms with Crippen LogP contribution in [-0.2, 0) is 6.42 Å². The Bertz CT molecular complexity index is 451. The van der Waals surface area contributed by atoms with Crippen molar-refractivity contribution in [2.75, 3.05) is 5.73 Å². The highest BCUT2D eigenvalue weighted by Gasteiger charge is 2.00. The fourth-order valence-electron chi connectivity index (χ4n) is 1.43. The van der Waals surface area contributed by atoms with Crippen molar-refractivity contribution >= 4 is 5.82 Å². The van der Waals surface area contributed by atoms with Crippen molar-refractivity contribution in [2.45, 2.75) is 6.42 Å². The molecular formula is C12H12N2O. The van der Waals surface area contributed by atoms with Gasteiger partial charge in [-0.2, -0.15) is 0 Å². The Morgan fingerprint density at radius 2 is 1.87 bits per heavy atom. The maximum atomic E-state index is 9.14. The molecule has 0 unspecified atom stereocenters. The molecule has 0 fully saturated rings. The fourth-order valence-corrected chi connectivity index (χ4v) is 1.43. The van der Waals surface area contributed by atoms with Crippen molar-refractivity contribution in [3.63, 3.8) is 0 Å². The number of nitrogen functional groups attached to an aromatic ring is 1. The summed E-state index contributed by atoms with van der Waals surface area (Å²) in [5.74, 6) is 0.837. The summed E-state index contributed by atoms with van der Waals surface area (Å²) in [6.45, 7) is 0. The molecule has 1 aromatic carbocycles. The van der Waals surface area contributed by atoms with E-state index in [4.69, 9.17) is 10.8 Å². The minimum Gasteiger partial charge on any atom is -0.508 e. The van der Waals surface area contributed by atoms with E-state index in [0.29, 0.717) is 5.82 Å². The molecule has 2 aromatic rings. The van der Waals surface area contributed by atoms with E-state index in [2.05, 4.69) is 4.98 Å². The van der Waals surface area contributed by atoms with Crippen LogP contribution in [-0.4, -0.2) is 10.1 Å². The lowest BCUT2D eigenvalue weighted by atomic mass is 10.1. The number of phenolic OH excluding ortho intramolecular Hbond substituents is 1. The number of aromatic nitrogens is 1. The first-order chi connectivity index (χ1) is 7.25. The molecule has 2 rings (SSSR count). The molecule has 0 saturated carbocycles. The molecule has 76 valence electrons. The zero-order chi connectivity index (χ0) is 10.7. The number of rotatable bonds is 2. The van der Waals surface area contributed by atoms with Crippen LogP contribution < -0.4 is 5.73 Å². The molecule has 3 heteroatoms. The smallest absolute Gasteiger partial charge is 0.126 e. The summed E-state index contributed by atoms with van der Waals surface area (Å²) >= 11 is 0. The highest BCUT2D eigenvalue weighted by atomic mass is 16.3. The largest absolute Gasteiger partial charge is 0.508 e. The van der Waals surface area contributed by atoms with Gasteiger partial charge in [-0.15, -0.1) is 0 Å². The standard InChI is InChI=1S/C12H12N2O/c13-12-10(2-1-7-14-12)8-9-3-5-11(15)6-4-9/h1-7,15H,8H2,(H2,13,14). The van der Waals surface area contributed by atoms with Crippen LogP contribution in [0.5, 0.6) is 5.75 Å². The van der Waals surface area contributed by atoms with Crippen LogP contribution in [0.4, 0.5) is 5.82 Å². The molecule has 0 aliphatic heterocycles. The Labute approximate surface area is 88.2 Å². The average molecular weight is 200 g/mol. The monoisotopic (exact) mass is 200 g/mol. The van der Waals surface area contributed by atoms with E-state index < -0.39 is 0 Å². The van der Waals surface area contributed by atoms with Crippen LogP contribution in [0.3, 0.4) is 0 Å². The van der Waals surface area contributed by atoms with Crippen molar-refractivity contribution in [1.82, 2.24) is 4.98 Å². The lowest BCUT2D eigenvalue weighted by Crippen LogP contribution is -1.97. The van der Waals surface area contributed by atoms with Gasteiger partial charge < -0.3 is 10.8 Å². The van der Waals surface area contributed by atoms with E-state index in [1.54, 1.807) is 18.3 Å². The number of hydrogen-bond donors (Lipinski definition) is 2. The van der Waals surface area contributed by atoms with Crippen molar-refractivity contribution in [1.29, 1.82) is 0 Å². The van der Waals surface area contributed by atoms with Gasteiger partial charge in [0, 0.05) is 12.6 Å². The van der Waals surface area contributed by atoms with Gasteiger partial charge in [-0.05, 0) is 29.3 Å². The van der Waals surface area contributed by atoms with E-state index in [1.165, 1.54) is 0 Å². The molecule has 3 N–H and O–H groups in total. The van der Waals surface area contributed by atoms with Crippen LogP contribution in [0.15, 0.2) is 42.6 Å². The Kier molecular flexibility index (Phi) is 2.54. The highest BCUT2D eigenvalue weighted by molar-refractivity contribution is 5.42. The van der Waals surface area contributed by atoms with Crippen LogP contribution in [0.2, 0.25) is 0 Å². The third kappa shape index (κ3) is 2.26. The zero-order valence-electron chi connectivity index (χ0n) is 8.22. The van der Waals surface area contributed by atoms with Gasteiger partial charge >= 0.3 is 0 Å². The molecule has 3 nitrogen and oxygen atoms in total. The fraction of sp³-hybridized carbons (Fsp3) is 0.0833. The van der Waals surface area contributed by atoms with E-state index in [-0.39, 0.29) is 5.75 Å². The number of nitrogens with two attached hydrogens (primary N) is 1. The second-order valence-corrected chi connectivity index (χ2v) is 3.39. The van der Waals surface area contributed by atoms with Crippen LogP contribution in [0.1, 0.15) is 11.1 Å². The second kappa shape index (κ2) is 4.00. The summed E-state index contributed by atoms with van der Waals surface area (Å²) in [7, 11) is 0. The number of benzene rings is 1. The lowest BCUT2D eigenvalue weighted by Gasteiger charge is -2.04. The van der Waals surface area contributed by atoms with Gasteiger partial charge in [-0.25, -0.2) is 4.98 Å². The number of hydrogen-bond acceptors (Lipinski definition) is 3. The number of aromatic hydroxyl groups is 1. The van der Waals surface area contributed by atoms with E-state index >= 15 is 0 Å². The van der Waals surface area contributed by atoms with Gasteiger partial charge in [0.25, 0.3) is 0 Å². The van der Waals surface area contributed by atoms with Crippen LogP contribution in [0.25, 0.3) is 0 Å². The van der Waals surface area contributed by atoms with Crippen molar-refractivity contribution < 1.29 is 5.11 Å². The van der Waals surface area contributed by atoms with Gasteiger partial charge in [0.2, 0.25) is 0 Å². The molecule has 0 atom stereocenters. The van der Waals surface area contributed by atoms with E-state index in [1.807, 2.05) is 24.3 Å². The summed E-state index contributed by atoms with van der Waals surface area (Å²) in [6, 6.07) is 10.9. The Hall–Kier alpha value is -2.03. The summed E-state index contributed by atoms with van der Waals surface area (Å²) in [6.07, 6.45) is 2.41. The SMILES string of the molecule is Nc1ncccc1Cc1ccc(O)cc1. The molecule has 1 aromatic heterocycles. The summed E-state index contributed by atoms with van der Waals surface area (Å²) in [5.41, 5.74) is 7.84. The Morgan fingerprint density at radius 1 is 1.13 bits per heavy atom. The van der Waals surface area contributed by atoms with Crippen LogP contribution in [0, 0.1) is 0 Å². The topological polar surface area (TPSA) is 59.1 Å². The molecule has 0 aliphatic carbocycles. The van der Waals surface area contributed by atoms with Crippen molar-refractivity contribution in [2.24, 2.45) is 0 Å². The molecule has 0 saturated heterocycles. The highest BCUT2D eigenvalue weighted by Crippen LogP contribution is 2.16. The maximum Gasteiger partial charge on any atom is 0.126 e. The number of phenols is 1. The maximum absolute atomic E-state index is 9.14. The molecule has 1 heterocycles. The molecule has 0 amide bonds. The quantitative estimate of drug-likeness (QED) is 0.779. The Morgan fingerprint density at radius 3 is 2.53 bits per heavy atom. The first-order valence-electron chi connectivity index (χ1n) is 4.73. The molecule has 0 spiro atoms. The zero-order valence-corrected chi connectivity index (χ0v) is 8.22. The molecular weight excluding hydrogens is 188 g/mol. The van der Waals surface area contributed by atoms with E-state index in [9.17, 15) is 0 Å². The number of anilines is 1. The van der Waals surface area contributed by atoms with Crippen molar-refractivity contribution in [3.05, 3.63) is 53.7 Å². The van der Waals surface area contributed by atoms with E-state index in [0.717, 1.165) is 17.5 Å². The third-order valence-corrected chi connectivity index (χ3v) is 2.26. The van der Waals surface area contributed by atoms with Gasteiger partial charge in [-0.1, -0.05) is 18.2 Å². The second-order valence-electron chi connectivity index (χ2n) is 3.39. The predicted molar refractivity (Wildman–Crippen MR) is 59.6 cm³/mol. The summed E-state index contributed by atoms with van der Waals surface area (Å²) in [5, 5.41) is 9.14. The average Bonchev–Trinajstić information content (AvgIpc) is 2.25. The van der Waals surface area contributed by atoms with Gasteiger partial charge in [0.05, 0.1) is 0 Å². The third-order valence-electron chi connectivity index (χ3n) is 2.26. The molecule has 0 aliphatic rings. The molecule has 0 bridgehead atoms. The normalized spacial score (nSPS) is 10.1. The Balaban J connectivity index is 2.22. The lowest BCUT2D eigenvalue weighted by molar-refractivity contribution is 0.475. The van der Waals surface area contributed by atoms with Gasteiger partial charge in [0.1, 0.15) is 11.6 Å². The minimum absolute atomic E-state index is 0.276. The molecule has 15 heavy (non-hydrogen) atoms. The van der Waals surface area contributed by atoms with Crippen LogP contribution >= 0.6 is 0 Å². The predicted octanol–water partition coefficient (Wildman–Crippen LogP) is 1.96. The summed E-state index contributed by atoms with van der Waals surface area (Å²) < 4.78 is 0. The summed E-state index contributed by atoms with van der Waals surface area (Å²) in [4.78, 5) is 4.02. The van der Waals surface area contributed by atoms with Gasteiger partial charge in [0.15, 0.2) is 0 Å². The number of nitrogens with zero attached hydrogens (tertiary/aromatic N) is 1. The minimum atomic E-state index is 0.276.